The molecule has 0 saturated carbocycles. The molecule has 3 nitrogen and oxygen atoms in total. The molecule has 0 aliphatic rings. The molecule has 0 bridgehead atoms. The lowest BCUT2D eigenvalue weighted by molar-refractivity contribution is 0.0378. The molecule has 0 radical (unpaired) electrons. The van der Waals surface area contributed by atoms with Crippen LogP contribution in [0.1, 0.15) is 24.2 Å². The normalized spacial score (nSPS) is 11.0. The van der Waals surface area contributed by atoms with Gasteiger partial charge in [0.2, 0.25) is 0 Å². The van der Waals surface area contributed by atoms with Gasteiger partial charge in [-0.05, 0) is 37.6 Å². The number of ether oxygens (including phenoxy) is 1. The monoisotopic (exact) mass is 279 g/mol. The number of esters is 1. The molecule has 0 N–H and O–H groups in total. The molecule has 0 aliphatic heterocycles. The molecule has 21 heavy (non-hydrogen) atoms. The molecule has 2 heterocycles. The van der Waals surface area contributed by atoms with E-state index in [1.54, 1.807) is 6.07 Å². The first kappa shape index (κ1) is 13.4. The lowest BCUT2D eigenvalue weighted by atomic mass is 10.1. The van der Waals surface area contributed by atoms with Crippen LogP contribution in [0.25, 0.3) is 16.6 Å². The standard InChI is InChI=1S/C18H17NO2/c1-13(2)21-18(20)15-8-9-19-12-16(11-17(19)10-15)14-6-4-3-5-7-14/h3-13H,1-2H3. The van der Waals surface area contributed by atoms with Crippen LogP contribution in [0, 0.1) is 0 Å². The summed E-state index contributed by atoms with van der Waals surface area (Å²) in [6, 6.07) is 15.9. The second-order valence-corrected chi connectivity index (χ2v) is 5.30. The van der Waals surface area contributed by atoms with E-state index in [-0.39, 0.29) is 12.1 Å². The first-order valence-electron chi connectivity index (χ1n) is 7.01. The predicted octanol–water partition coefficient (Wildman–Crippen LogP) is 4.17. The largest absolute Gasteiger partial charge is 0.459 e. The lowest BCUT2D eigenvalue weighted by Gasteiger charge is -2.07. The number of nitrogens with zero attached hydrogens (tertiary/aromatic N) is 1. The van der Waals surface area contributed by atoms with Crippen molar-refractivity contribution in [1.82, 2.24) is 4.40 Å². The highest BCUT2D eigenvalue weighted by atomic mass is 16.5. The molecule has 3 aromatic rings. The maximum Gasteiger partial charge on any atom is 0.338 e. The third-order valence-electron chi connectivity index (χ3n) is 3.28. The van der Waals surface area contributed by atoms with Gasteiger partial charge in [-0.25, -0.2) is 4.79 Å². The van der Waals surface area contributed by atoms with E-state index in [0.717, 1.165) is 16.6 Å². The van der Waals surface area contributed by atoms with E-state index < -0.39 is 0 Å². The van der Waals surface area contributed by atoms with Crippen molar-refractivity contribution in [2.45, 2.75) is 20.0 Å². The number of fused-ring (bicyclic) bond motifs is 1. The second kappa shape index (κ2) is 5.44. The minimum absolute atomic E-state index is 0.111. The topological polar surface area (TPSA) is 30.7 Å². The summed E-state index contributed by atoms with van der Waals surface area (Å²) >= 11 is 0. The lowest BCUT2D eigenvalue weighted by Crippen LogP contribution is -2.11. The molecule has 0 unspecified atom stereocenters. The van der Waals surface area contributed by atoms with Crippen molar-refractivity contribution < 1.29 is 9.53 Å². The van der Waals surface area contributed by atoms with Crippen molar-refractivity contribution in [2.24, 2.45) is 0 Å². The SMILES string of the molecule is CC(C)OC(=O)c1ccn2cc(-c3ccccc3)cc2c1. The number of carbonyl (C=O) groups excluding carboxylic acids is 1. The molecule has 0 atom stereocenters. The van der Waals surface area contributed by atoms with Crippen LogP contribution in [-0.2, 0) is 4.74 Å². The summed E-state index contributed by atoms with van der Waals surface area (Å²) in [7, 11) is 0. The highest BCUT2D eigenvalue weighted by Crippen LogP contribution is 2.23. The average molecular weight is 279 g/mol. The highest BCUT2D eigenvalue weighted by Gasteiger charge is 2.10. The smallest absolute Gasteiger partial charge is 0.338 e. The van der Waals surface area contributed by atoms with Crippen LogP contribution in [0.3, 0.4) is 0 Å². The molecule has 0 amide bonds. The number of hydrogen-bond acceptors (Lipinski definition) is 2. The molecule has 0 fully saturated rings. The zero-order valence-electron chi connectivity index (χ0n) is 12.1. The van der Waals surface area contributed by atoms with E-state index >= 15 is 0 Å². The van der Waals surface area contributed by atoms with E-state index in [0.29, 0.717) is 5.56 Å². The maximum atomic E-state index is 11.9. The van der Waals surface area contributed by atoms with Crippen molar-refractivity contribution in [3.8, 4) is 11.1 Å². The van der Waals surface area contributed by atoms with Gasteiger partial charge in [-0.3, -0.25) is 0 Å². The van der Waals surface area contributed by atoms with E-state index in [9.17, 15) is 4.79 Å². The Labute approximate surface area is 123 Å². The van der Waals surface area contributed by atoms with Crippen LogP contribution >= 0.6 is 0 Å². The number of rotatable bonds is 3. The number of carbonyl (C=O) groups is 1. The molecule has 3 rings (SSSR count). The molecule has 2 aromatic heterocycles. The Kier molecular flexibility index (Phi) is 3.48. The Hall–Kier alpha value is -2.55. The molecular weight excluding hydrogens is 262 g/mol. The fourth-order valence-corrected chi connectivity index (χ4v) is 2.31. The van der Waals surface area contributed by atoms with Crippen molar-refractivity contribution in [3.63, 3.8) is 0 Å². The Morgan fingerprint density at radius 2 is 1.81 bits per heavy atom. The zero-order valence-corrected chi connectivity index (χ0v) is 12.1. The summed E-state index contributed by atoms with van der Waals surface area (Å²) in [6.45, 7) is 3.70. The summed E-state index contributed by atoms with van der Waals surface area (Å²) in [5, 5.41) is 0. The number of benzene rings is 1. The minimum atomic E-state index is -0.282. The van der Waals surface area contributed by atoms with Gasteiger partial charge >= 0.3 is 5.97 Å². The molecule has 0 aliphatic carbocycles. The second-order valence-electron chi connectivity index (χ2n) is 5.30. The summed E-state index contributed by atoms with van der Waals surface area (Å²) < 4.78 is 7.24. The van der Waals surface area contributed by atoms with Gasteiger partial charge in [-0.1, -0.05) is 30.3 Å². The van der Waals surface area contributed by atoms with E-state index in [2.05, 4.69) is 24.4 Å². The van der Waals surface area contributed by atoms with Gasteiger partial charge in [0.25, 0.3) is 0 Å². The summed E-state index contributed by atoms with van der Waals surface area (Å²) in [4.78, 5) is 11.9. The van der Waals surface area contributed by atoms with Crippen molar-refractivity contribution in [1.29, 1.82) is 0 Å². The highest BCUT2D eigenvalue weighted by molar-refractivity contribution is 5.91. The summed E-state index contributed by atoms with van der Waals surface area (Å²) in [6.07, 6.45) is 3.83. The fourth-order valence-electron chi connectivity index (χ4n) is 2.31. The quantitative estimate of drug-likeness (QED) is 0.674. The van der Waals surface area contributed by atoms with E-state index in [1.807, 2.05) is 48.7 Å². The van der Waals surface area contributed by atoms with Crippen LogP contribution in [0.2, 0.25) is 0 Å². The number of aromatic nitrogens is 1. The Morgan fingerprint density at radius 1 is 1.05 bits per heavy atom. The summed E-state index contributed by atoms with van der Waals surface area (Å²) in [5.74, 6) is -0.282. The fraction of sp³-hybridized carbons (Fsp3) is 0.167. The van der Waals surface area contributed by atoms with Crippen molar-refractivity contribution in [2.75, 3.05) is 0 Å². The van der Waals surface area contributed by atoms with Crippen molar-refractivity contribution >= 4 is 11.5 Å². The molecule has 0 saturated heterocycles. The van der Waals surface area contributed by atoms with Gasteiger partial charge in [0, 0.05) is 23.5 Å². The molecule has 106 valence electrons. The van der Waals surface area contributed by atoms with Crippen molar-refractivity contribution in [3.05, 3.63) is 66.5 Å². The van der Waals surface area contributed by atoms with E-state index in [4.69, 9.17) is 4.74 Å². The van der Waals surface area contributed by atoms with Gasteiger partial charge in [-0.15, -0.1) is 0 Å². The third kappa shape index (κ3) is 2.82. The van der Waals surface area contributed by atoms with Crippen LogP contribution in [0.15, 0.2) is 60.9 Å². The maximum absolute atomic E-state index is 11.9. The first-order chi connectivity index (χ1) is 10.1. The van der Waals surface area contributed by atoms with Gasteiger partial charge in [-0.2, -0.15) is 0 Å². The Bertz CT molecular complexity index is 772. The third-order valence-corrected chi connectivity index (χ3v) is 3.28. The van der Waals surface area contributed by atoms with Gasteiger partial charge in [0.05, 0.1) is 11.7 Å². The van der Waals surface area contributed by atoms with Crippen LogP contribution in [0.5, 0.6) is 0 Å². The summed E-state index contributed by atoms with van der Waals surface area (Å²) in [5.41, 5.74) is 3.85. The number of pyridine rings is 1. The van der Waals surface area contributed by atoms with Crippen LogP contribution in [0.4, 0.5) is 0 Å². The predicted molar refractivity (Wildman–Crippen MR) is 83.4 cm³/mol. The van der Waals surface area contributed by atoms with Gasteiger partial charge < -0.3 is 9.14 Å². The molecule has 1 aromatic carbocycles. The first-order valence-corrected chi connectivity index (χ1v) is 7.01. The Morgan fingerprint density at radius 3 is 2.52 bits per heavy atom. The zero-order chi connectivity index (χ0) is 14.8. The minimum Gasteiger partial charge on any atom is -0.459 e. The molecular formula is C18H17NO2. The number of hydrogen-bond donors (Lipinski definition) is 0. The molecule has 0 spiro atoms. The average Bonchev–Trinajstić information content (AvgIpc) is 2.90. The van der Waals surface area contributed by atoms with Gasteiger partial charge in [0.1, 0.15) is 0 Å². The van der Waals surface area contributed by atoms with Gasteiger partial charge in [0.15, 0.2) is 0 Å². The van der Waals surface area contributed by atoms with Crippen LogP contribution < -0.4 is 0 Å². The Balaban J connectivity index is 1.97. The molecule has 3 heteroatoms. The van der Waals surface area contributed by atoms with Crippen LogP contribution in [-0.4, -0.2) is 16.5 Å². The van der Waals surface area contributed by atoms with E-state index in [1.165, 1.54) is 0 Å².